The Morgan fingerprint density at radius 1 is 1.17 bits per heavy atom. The minimum absolute atomic E-state index is 0.130. The third-order valence-electron chi connectivity index (χ3n) is 4.47. The van der Waals surface area contributed by atoms with Gasteiger partial charge in [0.05, 0.1) is 0 Å². The Balaban J connectivity index is 1.43. The number of rotatable bonds is 5. The molecule has 0 bridgehead atoms. The minimum Gasteiger partial charge on any atom is -0.352 e. The molecule has 1 aromatic heterocycles. The van der Waals surface area contributed by atoms with E-state index in [-0.39, 0.29) is 11.8 Å². The molecule has 0 unspecified atom stereocenters. The number of halogens is 1. The third kappa shape index (κ3) is 4.89. The zero-order valence-electron chi connectivity index (χ0n) is 13.6. The summed E-state index contributed by atoms with van der Waals surface area (Å²) in [5, 5.41) is 3.05. The molecule has 1 aromatic carbocycles. The van der Waals surface area contributed by atoms with Crippen molar-refractivity contribution >= 4 is 21.8 Å². The molecule has 24 heavy (non-hydrogen) atoms. The van der Waals surface area contributed by atoms with E-state index in [4.69, 9.17) is 0 Å². The molecule has 1 saturated heterocycles. The second kappa shape index (κ2) is 8.40. The molecular weight excluding hydrogens is 366 g/mol. The molecule has 0 radical (unpaired) electrons. The van der Waals surface area contributed by atoms with Crippen molar-refractivity contribution in [2.24, 2.45) is 5.92 Å². The number of amides is 1. The van der Waals surface area contributed by atoms with Gasteiger partial charge >= 0.3 is 0 Å². The molecule has 1 amide bonds. The number of nitrogens with zero attached hydrogens (tertiary/aromatic N) is 2. The largest absolute Gasteiger partial charge is 0.352 e. The highest BCUT2D eigenvalue weighted by molar-refractivity contribution is 9.10. The first-order valence-electron chi connectivity index (χ1n) is 8.34. The van der Waals surface area contributed by atoms with Crippen molar-refractivity contribution in [3.8, 4) is 0 Å². The number of aromatic nitrogens is 1. The lowest BCUT2D eigenvalue weighted by molar-refractivity contribution is -0.126. The predicted octanol–water partition coefficient (Wildman–Crippen LogP) is 3.37. The van der Waals surface area contributed by atoms with E-state index in [1.165, 1.54) is 5.56 Å². The number of likely N-dealkylation sites (tertiary alicyclic amines) is 1. The Labute approximate surface area is 151 Å². The molecule has 5 heteroatoms. The van der Waals surface area contributed by atoms with E-state index in [0.29, 0.717) is 6.54 Å². The number of piperidine rings is 1. The highest BCUT2D eigenvalue weighted by Crippen LogP contribution is 2.20. The summed E-state index contributed by atoms with van der Waals surface area (Å²) in [5.41, 5.74) is 2.40. The average Bonchev–Trinajstić information content (AvgIpc) is 2.61. The molecule has 0 aliphatic carbocycles. The molecule has 1 aliphatic heterocycles. The molecule has 2 heterocycles. The van der Waals surface area contributed by atoms with Crippen LogP contribution in [0.1, 0.15) is 24.0 Å². The summed E-state index contributed by atoms with van der Waals surface area (Å²) in [6.45, 7) is 3.48. The van der Waals surface area contributed by atoms with Gasteiger partial charge < -0.3 is 5.32 Å². The van der Waals surface area contributed by atoms with Gasteiger partial charge in [-0.05, 0) is 61.3 Å². The molecule has 0 saturated carbocycles. The Hall–Kier alpha value is -1.72. The smallest absolute Gasteiger partial charge is 0.223 e. The monoisotopic (exact) mass is 387 g/mol. The fourth-order valence-electron chi connectivity index (χ4n) is 3.08. The molecule has 1 fully saturated rings. The summed E-state index contributed by atoms with van der Waals surface area (Å²) in [4.78, 5) is 18.7. The predicted molar refractivity (Wildman–Crippen MR) is 98.2 cm³/mol. The van der Waals surface area contributed by atoms with Gasteiger partial charge in [0.15, 0.2) is 0 Å². The molecule has 126 valence electrons. The molecule has 1 N–H and O–H groups in total. The van der Waals surface area contributed by atoms with Crippen LogP contribution >= 0.6 is 15.9 Å². The molecular formula is C19H22BrN3O. The molecule has 0 spiro atoms. The number of carbonyl (C=O) groups excluding carboxylic acids is 1. The first kappa shape index (κ1) is 17.1. The van der Waals surface area contributed by atoms with Crippen LogP contribution in [0.5, 0.6) is 0 Å². The van der Waals surface area contributed by atoms with Gasteiger partial charge in [-0.3, -0.25) is 14.7 Å². The van der Waals surface area contributed by atoms with E-state index in [2.05, 4.69) is 49.3 Å². The normalized spacial score (nSPS) is 16.0. The highest BCUT2D eigenvalue weighted by Gasteiger charge is 2.24. The van der Waals surface area contributed by atoms with Crippen molar-refractivity contribution in [2.45, 2.75) is 25.9 Å². The second-order valence-electron chi connectivity index (χ2n) is 6.25. The van der Waals surface area contributed by atoms with Crippen molar-refractivity contribution in [1.82, 2.24) is 15.2 Å². The maximum Gasteiger partial charge on any atom is 0.223 e. The second-order valence-corrected chi connectivity index (χ2v) is 7.17. The van der Waals surface area contributed by atoms with E-state index in [1.54, 1.807) is 12.4 Å². The van der Waals surface area contributed by atoms with Gasteiger partial charge in [0.2, 0.25) is 5.91 Å². The van der Waals surface area contributed by atoms with E-state index >= 15 is 0 Å². The minimum atomic E-state index is 0.130. The third-order valence-corrected chi connectivity index (χ3v) is 4.96. The summed E-state index contributed by atoms with van der Waals surface area (Å²) < 4.78 is 1.12. The summed E-state index contributed by atoms with van der Waals surface area (Å²) in [7, 11) is 0. The zero-order valence-corrected chi connectivity index (χ0v) is 15.2. The lowest BCUT2D eigenvalue weighted by Crippen LogP contribution is -2.40. The molecule has 1 aliphatic rings. The summed E-state index contributed by atoms with van der Waals surface area (Å²) >= 11 is 3.52. The first-order valence-corrected chi connectivity index (χ1v) is 9.13. The van der Waals surface area contributed by atoms with E-state index < -0.39 is 0 Å². The Kier molecular flexibility index (Phi) is 5.99. The van der Waals surface area contributed by atoms with Crippen molar-refractivity contribution < 1.29 is 4.79 Å². The Bertz CT molecular complexity index is 669. The Morgan fingerprint density at radius 2 is 1.92 bits per heavy atom. The van der Waals surface area contributed by atoms with Gasteiger partial charge in [-0.1, -0.05) is 28.1 Å². The summed E-state index contributed by atoms with van der Waals surface area (Å²) in [6.07, 6.45) is 5.36. The Morgan fingerprint density at radius 3 is 2.62 bits per heavy atom. The van der Waals surface area contributed by atoms with Gasteiger partial charge in [-0.2, -0.15) is 0 Å². The van der Waals surface area contributed by atoms with Gasteiger partial charge in [-0.15, -0.1) is 0 Å². The zero-order chi connectivity index (χ0) is 16.8. The molecule has 0 atom stereocenters. The number of nitrogens with one attached hydrogen (secondary N) is 1. The van der Waals surface area contributed by atoms with Gasteiger partial charge in [0.1, 0.15) is 0 Å². The van der Waals surface area contributed by atoms with Crippen LogP contribution in [0, 0.1) is 5.92 Å². The molecule has 3 rings (SSSR count). The molecule has 4 nitrogen and oxygen atoms in total. The van der Waals surface area contributed by atoms with Crippen LogP contribution in [0.2, 0.25) is 0 Å². The van der Waals surface area contributed by atoms with Crippen LogP contribution in [0.15, 0.2) is 53.3 Å². The van der Waals surface area contributed by atoms with Gasteiger partial charge in [-0.25, -0.2) is 0 Å². The average molecular weight is 388 g/mol. The van der Waals surface area contributed by atoms with Crippen LogP contribution in [0.4, 0.5) is 0 Å². The topological polar surface area (TPSA) is 45.2 Å². The van der Waals surface area contributed by atoms with E-state index in [0.717, 1.165) is 42.5 Å². The van der Waals surface area contributed by atoms with Crippen molar-refractivity contribution in [1.29, 1.82) is 0 Å². The van der Waals surface area contributed by atoms with Crippen LogP contribution in [0.3, 0.4) is 0 Å². The summed E-state index contributed by atoms with van der Waals surface area (Å²) in [5.74, 6) is 0.305. The first-order chi connectivity index (χ1) is 11.7. The number of hydrogen-bond donors (Lipinski definition) is 1. The van der Waals surface area contributed by atoms with Crippen LogP contribution in [0.25, 0.3) is 0 Å². The van der Waals surface area contributed by atoms with Crippen molar-refractivity contribution in [2.75, 3.05) is 13.1 Å². The standard InChI is InChI=1S/C19H22BrN3O/c20-18-3-1-2-16(12-18)14-23-10-6-17(7-11-23)19(24)22-13-15-4-8-21-9-5-15/h1-5,8-9,12,17H,6-7,10-11,13-14H2,(H,22,24). The van der Waals surface area contributed by atoms with Crippen LogP contribution < -0.4 is 5.32 Å². The molecule has 2 aromatic rings. The van der Waals surface area contributed by atoms with Gasteiger partial charge in [0, 0.05) is 35.9 Å². The fourth-order valence-corrected chi connectivity index (χ4v) is 3.53. The van der Waals surface area contributed by atoms with Crippen molar-refractivity contribution in [3.63, 3.8) is 0 Å². The maximum atomic E-state index is 12.3. The van der Waals surface area contributed by atoms with Crippen LogP contribution in [-0.4, -0.2) is 28.9 Å². The number of carbonyl (C=O) groups is 1. The van der Waals surface area contributed by atoms with E-state index in [9.17, 15) is 4.79 Å². The number of pyridine rings is 1. The fraction of sp³-hybridized carbons (Fsp3) is 0.368. The van der Waals surface area contributed by atoms with Gasteiger partial charge in [0.25, 0.3) is 0 Å². The quantitative estimate of drug-likeness (QED) is 0.854. The maximum absolute atomic E-state index is 12.3. The number of benzene rings is 1. The lowest BCUT2D eigenvalue weighted by Gasteiger charge is -2.31. The van der Waals surface area contributed by atoms with Crippen molar-refractivity contribution in [3.05, 3.63) is 64.4 Å². The van der Waals surface area contributed by atoms with Crippen LogP contribution in [-0.2, 0) is 17.9 Å². The lowest BCUT2D eigenvalue weighted by atomic mass is 9.95. The number of hydrogen-bond acceptors (Lipinski definition) is 3. The SMILES string of the molecule is O=C(NCc1ccncc1)C1CCN(Cc2cccc(Br)c2)CC1. The van der Waals surface area contributed by atoms with E-state index in [1.807, 2.05) is 18.2 Å². The highest BCUT2D eigenvalue weighted by atomic mass is 79.9. The summed E-state index contributed by atoms with van der Waals surface area (Å²) in [6, 6.07) is 12.3.